The second kappa shape index (κ2) is 7.59. The van der Waals surface area contributed by atoms with E-state index < -0.39 is 5.97 Å². The molecule has 4 heteroatoms. The molecule has 1 aliphatic heterocycles. The lowest BCUT2D eigenvalue weighted by Gasteiger charge is -2.05. The quantitative estimate of drug-likeness (QED) is 0.455. The number of cyclic esters (lactones) is 1. The minimum Gasteiger partial charge on any atom is -0.494 e. The zero-order valence-electron chi connectivity index (χ0n) is 13.6. The molecule has 3 rings (SSSR count). The molecular formula is C20H19NO3. The van der Waals surface area contributed by atoms with Gasteiger partial charge in [-0.3, -0.25) is 0 Å². The van der Waals surface area contributed by atoms with Crippen molar-refractivity contribution in [1.82, 2.24) is 0 Å². The summed E-state index contributed by atoms with van der Waals surface area (Å²) < 4.78 is 10.9. The third-order valence-electron chi connectivity index (χ3n) is 3.59. The molecule has 0 aromatic heterocycles. The van der Waals surface area contributed by atoms with Crippen LogP contribution in [0.3, 0.4) is 0 Å². The van der Waals surface area contributed by atoms with Gasteiger partial charge in [-0.15, -0.1) is 0 Å². The SMILES string of the molecule is CCCCOc1ccc(C2=N/C(=C/c3ccccc3)C(=O)O2)cc1. The highest BCUT2D eigenvalue weighted by molar-refractivity contribution is 6.12. The van der Waals surface area contributed by atoms with Crippen LogP contribution in [0.5, 0.6) is 5.75 Å². The predicted molar refractivity (Wildman–Crippen MR) is 93.9 cm³/mol. The van der Waals surface area contributed by atoms with Crippen LogP contribution in [0.15, 0.2) is 65.3 Å². The van der Waals surface area contributed by atoms with Crippen molar-refractivity contribution in [3.63, 3.8) is 0 Å². The number of unbranched alkanes of at least 4 members (excludes halogenated alkanes) is 1. The van der Waals surface area contributed by atoms with Crippen LogP contribution in [0.4, 0.5) is 0 Å². The minimum atomic E-state index is -0.433. The summed E-state index contributed by atoms with van der Waals surface area (Å²) in [5, 5.41) is 0. The van der Waals surface area contributed by atoms with Crippen molar-refractivity contribution in [2.45, 2.75) is 19.8 Å². The second-order valence-electron chi connectivity index (χ2n) is 5.47. The van der Waals surface area contributed by atoms with E-state index in [0.29, 0.717) is 18.2 Å². The fourth-order valence-corrected chi connectivity index (χ4v) is 2.27. The third kappa shape index (κ3) is 3.90. The highest BCUT2D eigenvalue weighted by Crippen LogP contribution is 2.21. The monoisotopic (exact) mass is 321 g/mol. The molecule has 24 heavy (non-hydrogen) atoms. The molecule has 1 aliphatic rings. The predicted octanol–water partition coefficient (Wildman–Crippen LogP) is 4.21. The van der Waals surface area contributed by atoms with E-state index in [-0.39, 0.29) is 0 Å². The Kier molecular flexibility index (Phi) is 5.06. The van der Waals surface area contributed by atoms with E-state index >= 15 is 0 Å². The van der Waals surface area contributed by atoms with Gasteiger partial charge in [0.1, 0.15) is 5.75 Å². The number of benzene rings is 2. The van der Waals surface area contributed by atoms with Crippen LogP contribution < -0.4 is 4.74 Å². The van der Waals surface area contributed by atoms with Gasteiger partial charge in [0.2, 0.25) is 5.90 Å². The van der Waals surface area contributed by atoms with Crippen molar-refractivity contribution in [2.24, 2.45) is 4.99 Å². The maximum absolute atomic E-state index is 12.0. The standard InChI is InChI=1S/C20H19NO3/c1-2-3-13-23-17-11-9-16(10-12-17)19-21-18(20(22)24-19)14-15-7-5-4-6-8-15/h4-12,14H,2-3,13H2,1H3/b18-14+. The first kappa shape index (κ1) is 16.0. The lowest BCUT2D eigenvalue weighted by molar-refractivity contribution is -0.129. The minimum absolute atomic E-state index is 0.305. The van der Waals surface area contributed by atoms with Crippen LogP contribution in [-0.4, -0.2) is 18.5 Å². The number of nitrogens with zero attached hydrogens (tertiary/aromatic N) is 1. The summed E-state index contributed by atoms with van der Waals surface area (Å²) in [4.78, 5) is 16.3. The van der Waals surface area contributed by atoms with Gasteiger partial charge >= 0.3 is 5.97 Å². The molecule has 2 aromatic rings. The molecule has 0 saturated carbocycles. The highest BCUT2D eigenvalue weighted by atomic mass is 16.6. The normalized spacial score (nSPS) is 15.3. The zero-order valence-corrected chi connectivity index (χ0v) is 13.6. The van der Waals surface area contributed by atoms with E-state index in [1.54, 1.807) is 6.08 Å². The Balaban J connectivity index is 1.74. The molecule has 0 fully saturated rings. The number of carbonyl (C=O) groups is 1. The van der Waals surface area contributed by atoms with Crippen molar-refractivity contribution in [1.29, 1.82) is 0 Å². The first-order valence-electron chi connectivity index (χ1n) is 8.07. The topological polar surface area (TPSA) is 47.9 Å². The number of aliphatic imine (C=N–C) groups is 1. The highest BCUT2D eigenvalue weighted by Gasteiger charge is 2.24. The Labute approximate surface area is 141 Å². The number of hydrogen-bond donors (Lipinski definition) is 0. The van der Waals surface area contributed by atoms with E-state index in [0.717, 1.165) is 29.7 Å². The van der Waals surface area contributed by atoms with Crippen molar-refractivity contribution in [2.75, 3.05) is 6.61 Å². The number of esters is 1. The van der Waals surface area contributed by atoms with Crippen LogP contribution in [0.1, 0.15) is 30.9 Å². The van der Waals surface area contributed by atoms with Crippen LogP contribution in [0.25, 0.3) is 6.08 Å². The van der Waals surface area contributed by atoms with E-state index in [1.807, 2.05) is 54.6 Å². The van der Waals surface area contributed by atoms with Gasteiger partial charge in [-0.2, -0.15) is 0 Å². The molecule has 0 unspecified atom stereocenters. The van der Waals surface area contributed by atoms with E-state index in [4.69, 9.17) is 9.47 Å². The van der Waals surface area contributed by atoms with Crippen molar-refractivity contribution < 1.29 is 14.3 Å². The van der Waals surface area contributed by atoms with Crippen LogP contribution in [0, 0.1) is 0 Å². The van der Waals surface area contributed by atoms with Gasteiger partial charge in [0.15, 0.2) is 5.70 Å². The van der Waals surface area contributed by atoms with Gasteiger partial charge in [-0.25, -0.2) is 9.79 Å². The Morgan fingerprint density at radius 1 is 1.08 bits per heavy atom. The number of hydrogen-bond acceptors (Lipinski definition) is 4. The summed E-state index contributed by atoms with van der Waals surface area (Å²) >= 11 is 0. The number of carbonyl (C=O) groups excluding carboxylic acids is 1. The largest absolute Gasteiger partial charge is 0.494 e. The maximum Gasteiger partial charge on any atom is 0.363 e. The van der Waals surface area contributed by atoms with Crippen LogP contribution >= 0.6 is 0 Å². The Hall–Kier alpha value is -2.88. The maximum atomic E-state index is 12.0. The van der Waals surface area contributed by atoms with E-state index in [2.05, 4.69) is 11.9 Å². The second-order valence-corrected chi connectivity index (χ2v) is 5.47. The van der Waals surface area contributed by atoms with Gasteiger partial charge < -0.3 is 9.47 Å². The van der Waals surface area contributed by atoms with Crippen LogP contribution in [0.2, 0.25) is 0 Å². The van der Waals surface area contributed by atoms with Gasteiger partial charge in [-0.05, 0) is 42.3 Å². The van der Waals surface area contributed by atoms with Gasteiger partial charge in [0.05, 0.1) is 6.61 Å². The van der Waals surface area contributed by atoms with Gasteiger partial charge in [0, 0.05) is 5.56 Å². The van der Waals surface area contributed by atoms with Crippen molar-refractivity contribution in [3.8, 4) is 5.75 Å². The lowest BCUT2D eigenvalue weighted by Crippen LogP contribution is -2.05. The molecule has 122 valence electrons. The summed E-state index contributed by atoms with van der Waals surface area (Å²) in [6, 6.07) is 17.0. The smallest absolute Gasteiger partial charge is 0.363 e. The summed E-state index contributed by atoms with van der Waals surface area (Å²) in [5.41, 5.74) is 1.97. The summed E-state index contributed by atoms with van der Waals surface area (Å²) in [5.74, 6) is 0.691. The molecule has 0 aliphatic carbocycles. The molecule has 4 nitrogen and oxygen atoms in total. The molecule has 0 atom stereocenters. The Morgan fingerprint density at radius 2 is 1.83 bits per heavy atom. The molecule has 1 heterocycles. The molecule has 0 radical (unpaired) electrons. The number of rotatable bonds is 6. The number of ether oxygens (including phenoxy) is 2. The molecule has 0 spiro atoms. The Bertz CT molecular complexity index is 761. The van der Waals surface area contributed by atoms with Crippen molar-refractivity contribution in [3.05, 3.63) is 71.4 Å². The molecule has 2 aromatic carbocycles. The first-order valence-corrected chi connectivity index (χ1v) is 8.07. The summed E-state index contributed by atoms with van der Waals surface area (Å²) in [6.07, 6.45) is 3.85. The van der Waals surface area contributed by atoms with Crippen molar-refractivity contribution >= 4 is 17.9 Å². The van der Waals surface area contributed by atoms with Crippen LogP contribution in [-0.2, 0) is 9.53 Å². The fraction of sp³-hybridized carbons (Fsp3) is 0.200. The average Bonchev–Trinajstić information content (AvgIpc) is 2.97. The summed E-state index contributed by atoms with van der Waals surface area (Å²) in [7, 11) is 0. The zero-order chi connectivity index (χ0) is 16.8. The van der Waals surface area contributed by atoms with Gasteiger partial charge in [0.25, 0.3) is 0 Å². The van der Waals surface area contributed by atoms with E-state index in [9.17, 15) is 4.79 Å². The lowest BCUT2D eigenvalue weighted by atomic mass is 10.2. The average molecular weight is 321 g/mol. The fourth-order valence-electron chi connectivity index (χ4n) is 2.27. The van der Waals surface area contributed by atoms with Gasteiger partial charge in [-0.1, -0.05) is 43.7 Å². The summed E-state index contributed by atoms with van der Waals surface area (Å²) in [6.45, 7) is 2.83. The Morgan fingerprint density at radius 3 is 2.54 bits per heavy atom. The molecule has 0 saturated heterocycles. The molecule has 0 amide bonds. The molecule has 0 bridgehead atoms. The molecular weight excluding hydrogens is 302 g/mol. The molecule has 0 N–H and O–H groups in total. The first-order chi connectivity index (χ1) is 11.8. The third-order valence-corrected chi connectivity index (χ3v) is 3.59. The van der Waals surface area contributed by atoms with E-state index in [1.165, 1.54) is 0 Å².